The average molecular weight is 369 g/mol. The molecule has 0 spiro atoms. The summed E-state index contributed by atoms with van der Waals surface area (Å²) < 4.78 is 7.49. The quantitative estimate of drug-likeness (QED) is 0.810. The fourth-order valence-electron chi connectivity index (χ4n) is 4.03. The number of aromatic nitrogens is 2. The van der Waals surface area contributed by atoms with Crippen LogP contribution in [0.1, 0.15) is 24.5 Å². The van der Waals surface area contributed by atoms with Crippen LogP contribution in [0.5, 0.6) is 0 Å². The number of anilines is 1. The van der Waals surface area contributed by atoms with Crippen LogP contribution in [0.25, 0.3) is 5.65 Å². The van der Waals surface area contributed by atoms with E-state index in [1.807, 2.05) is 4.90 Å². The maximum absolute atomic E-state index is 12.4. The van der Waals surface area contributed by atoms with Gasteiger partial charge in [0.15, 0.2) is 0 Å². The first-order valence-corrected chi connectivity index (χ1v) is 10.1. The van der Waals surface area contributed by atoms with Gasteiger partial charge in [0.25, 0.3) is 0 Å². The van der Waals surface area contributed by atoms with Crippen molar-refractivity contribution in [1.29, 1.82) is 0 Å². The number of piperazine rings is 1. The molecule has 7 heteroatoms. The highest BCUT2D eigenvalue weighted by Gasteiger charge is 2.26. The minimum absolute atomic E-state index is 0.235. The van der Waals surface area contributed by atoms with Crippen LogP contribution in [0.3, 0.4) is 0 Å². The number of morpholine rings is 1. The summed E-state index contributed by atoms with van der Waals surface area (Å²) in [5.74, 6) is 0.917. The lowest BCUT2D eigenvalue weighted by molar-refractivity contribution is -0.136. The van der Waals surface area contributed by atoms with E-state index in [0.717, 1.165) is 44.9 Å². The molecule has 1 aliphatic carbocycles. The van der Waals surface area contributed by atoms with Crippen molar-refractivity contribution in [2.45, 2.75) is 18.8 Å². The molecule has 2 aromatic heterocycles. The predicted molar refractivity (Wildman–Crippen MR) is 103 cm³/mol. The summed E-state index contributed by atoms with van der Waals surface area (Å²) in [4.78, 5) is 23.8. The third kappa shape index (κ3) is 3.66. The molecule has 2 aromatic rings. The van der Waals surface area contributed by atoms with Crippen LogP contribution in [0.2, 0.25) is 0 Å². The van der Waals surface area contributed by atoms with Gasteiger partial charge in [-0.1, -0.05) is 0 Å². The van der Waals surface area contributed by atoms with Gasteiger partial charge in [-0.25, -0.2) is 4.98 Å². The molecule has 3 aliphatic rings. The zero-order valence-electron chi connectivity index (χ0n) is 15.7. The molecule has 27 heavy (non-hydrogen) atoms. The second-order valence-corrected chi connectivity index (χ2v) is 7.85. The molecule has 1 saturated carbocycles. The largest absolute Gasteiger partial charge is 0.378 e. The first kappa shape index (κ1) is 17.0. The van der Waals surface area contributed by atoms with Crippen molar-refractivity contribution in [3.05, 3.63) is 30.2 Å². The molecule has 0 atom stereocenters. The summed E-state index contributed by atoms with van der Waals surface area (Å²) in [6, 6.07) is 4.29. The van der Waals surface area contributed by atoms with Gasteiger partial charge in [-0.05, 0) is 25.0 Å². The average Bonchev–Trinajstić information content (AvgIpc) is 3.48. The highest BCUT2D eigenvalue weighted by atomic mass is 16.5. The summed E-state index contributed by atoms with van der Waals surface area (Å²) in [5.41, 5.74) is 3.51. The van der Waals surface area contributed by atoms with Gasteiger partial charge in [-0.15, -0.1) is 0 Å². The molecule has 0 radical (unpaired) electrons. The SMILES string of the molecule is O=C(CN1CCN(c2ccc3nc(C4CC4)cn3c2)CC1)N1CCOCC1. The Labute approximate surface area is 159 Å². The van der Waals surface area contributed by atoms with Gasteiger partial charge in [-0.3, -0.25) is 9.69 Å². The zero-order valence-corrected chi connectivity index (χ0v) is 15.7. The Hall–Kier alpha value is -2.12. The van der Waals surface area contributed by atoms with Crippen molar-refractivity contribution in [2.24, 2.45) is 0 Å². The van der Waals surface area contributed by atoms with E-state index >= 15 is 0 Å². The Morgan fingerprint density at radius 2 is 1.81 bits per heavy atom. The molecule has 0 unspecified atom stereocenters. The number of hydrogen-bond acceptors (Lipinski definition) is 5. The first-order chi connectivity index (χ1) is 13.3. The number of fused-ring (bicyclic) bond motifs is 1. The van der Waals surface area contributed by atoms with Gasteiger partial charge in [0.1, 0.15) is 5.65 Å². The van der Waals surface area contributed by atoms with Crippen molar-refractivity contribution in [3.8, 4) is 0 Å². The second-order valence-electron chi connectivity index (χ2n) is 7.85. The van der Waals surface area contributed by atoms with Crippen LogP contribution >= 0.6 is 0 Å². The molecular weight excluding hydrogens is 342 g/mol. The normalized spacial score (nSPS) is 21.8. The van der Waals surface area contributed by atoms with E-state index in [0.29, 0.717) is 25.7 Å². The fraction of sp³-hybridized carbons (Fsp3) is 0.600. The molecule has 144 valence electrons. The molecule has 7 nitrogen and oxygen atoms in total. The van der Waals surface area contributed by atoms with E-state index in [9.17, 15) is 4.79 Å². The molecule has 1 amide bonds. The number of pyridine rings is 1. The van der Waals surface area contributed by atoms with Crippen LogP contribution in [0.4, 0.5) is 5.69 Å². The van der Waals surface area contributed by atoms with Crippen LogP contribution in [-0.4, -0.2) is 84.1 Å². The predicted octanol–water partition coefficient (Wildman–Crippen LogP) is 1.19. The van der Waals surface area contributed by atoms with E-state index in [4.69, 9.17) is 9.72 Å². The number of imidazole rings is 1. The molecular formula is C20H27N5O2. The van der Waals surface area contributed by atoms with Gasteiger partial charge >= 0.3 is 0 Å². The summed E-state index contributed by atoms with van der Waals surface area (Å²) in [6.07, 6.45) is 6.94. The van der Waals surface area contributed by atoms with Crippen molar-refractivity contribution in [1.82, 2.24) is 19.2 Å². The standard InChI is InChI=1S/C20H27N5O2/c26-20(24-9-11-27-12-10-24)15-22-5-7-23(8-6-22)17-3-4-19-21-18(16-1-2-16)14-25(19)13-17/h3-4,13-14,16H,1-2,5-12,15H2. The number of rotatable bonds is 4. The Kier molecular flexibility index (Phi) is 4.49. The molecule has 2 aliphatic heterocycles. The zero-order chi connectivity index (χ0) is 18.2. The third-order valence-electron chi connectivity index (χ3n) is 5.91. The highest BCUT2D eigenvalue weighted by Crippen LogP contribution is 2.39. The number of ether oxygens (including phenoxy) is 1. The van der Waals surface area contributed by atoms with Crippen LogP contribution in [-0.2, 0) is 9.53 Å². The lowest BCUT2D eigenvalue weighted by atomic mass is 10.2. The van der Waals surface area contributed by atoms with Crippen LogP contribution < -0.4 is 4.90 Å². The summed E-state index contributed by atoms with van der Waals surface area (Å²) >= 11 is 0. The van der Waals surface area contributed by atoms with E-state index in [1.165, 1.54) is 24.2 Å². The fourth-order valence-corrected chi connectivity index (χ4v) is 4.03. The van der Waals surface area contributed by atoms with Crippen molar-refractivity contribution in [3.63, 3.8) is 0 Å². The van der Waals surface area contributed by atoms with Crippen molar-refractivity contribution in [2.75, 3.05) is 63.9 Å². The van der Waals surface area contributed by atoms with Gasteiger partial charge < -0.3 is 18.9 Å². The Morgan fingerprint density at radius 3 is 2.56 bits per heavy atom. The van der Waals surface area contributed by atoms with Crippen molar-refractivity contribution >= 4 is 17.2 Å². The lowest BCUT2D eigenvalue weighted by Crippen LogP contribution is -2.51. The number of amides is 1. The number of nitrogens with zero attached hydrogens (tertiary/aromatic N) is 5. The Bertz CT molecular complexity index is 817. The molecule has 4 heterocycles. The molecule has 0 N–H and O–H groups in total. The monoisotopic (exact) mass is 369 g/mol. The van der Waals surface area contributed by atoms with Crippen LogP contribution in [0.15, 0.2) is 24.5 Å². The Balaban J connectivity index is 1.18. The number of hydrogen-bond donors (Lipinski definition) is 0. The summed E-state index contributed by atoms with van der Waals surface area (Å²) in [7, 11) is 0. The Morgan fingerprint density at radius 1 is 1.04 bits per heavy atom. The van der Waals surface area contributed by atoms with Gasteiger partial charge in [0.05, 0.1) is 31.1 Å². The summed E-state index contributed by atoms with van der Waals surface area (Å²) in [6.45, 7) is 7.06. The van der Waals surface area contributed by atoms with E-state index < -0.39 is 0 Å². The van der Waals surface area contributed by atoms with Crippen LogP contribution in [0, 0.1) is 0 Å². The van der Waals surface area contributed by atoms with E-state index in [2.05, 4.69) is 38.7 Å². The van der Waals surface area contributed by atoms with Crippen molar-refractivity contribution < 1.29 is 9.53 Å². The summed E-state index contributed by atoms with van der Waals surface area (Å²) in [5, 5.41) is 0. The lowest BCUT2D eigenvalue weighted by Gasteiger charge is -2.37. The first-order valence-electron chi connectivity index (χ1n) is 10.1. The molecule has 0 aromatic carbocycles. The molecule has 5 rings (SSSR count). The number of carbonyl (C=O) groups is 1. The smallest absolute Gasteiger partial charge is 0.236 e. The minimum Gasteiger partial charge on any atom is -0.378 e. The second kappa shape index (κ2) is 7.13. The molecule has 0 bridgehead atoms. The molecule has 2 saturated heterocycles. The highest BCUT2D eigenvalue weighted by molar-refractivity contribution is 5.78. The van der Waals surface area contributed by atoms with Gasteiger partial charge in [-0.2, -0.15) is 0 Å². The van der Waals surface area contributed by atoms with Gasteiger partial charge in [0, 0.05) is 57.6 Å². The number of carbonyl (C=O) groups excluding carboxylic acids is 1. The van der Waals surface area contributed by atoms with E-state index in [1.54, 1.807) is 0 Å². The minimum atomic E-state index is 0.235. The van der Waals surface area contributed by atoms with Gasteiger partial charge in [0.2, 0.25) is 5.91 Å². The third-order valence-corrected chi connectivity index (χ3v) is 5.91. The maximum Gasteiger partial charge on any atom is 0.236 e. The molecule has 3 fully saturated rings. The topological polar surface area (TPSA) is 53.3 Å². The van der Waals surface area contributed by atoms with E-state index in [-0.39, 0.29) is 5.91 Å². The maximum atomic E-state index is 12.4.